The van der Waals surface area contributed by atoms with Gasteiger partial charge in [0.25, 0.3) is 5.91 Å². The maximum absolute atomic E-state index is 12.4. The van der Waals surface area contributed by atoms with Gasteiger partial charge in [0.2, 0.25) is 11.8 Å². The predicted octanol–water partition coefficient (Wildman–Crippen LogP) is -0.0815. The number of rotatable bonds is 3. The van der Waals surface area contributed by atoms with Crippen molar-refractivity contribution in [3.8, 4) is 0 Å². The lowest BCUT2D eigenvalue weighted by atomic mass is 10.0. The standard InChI is InChI=1S/C16H18ClN3O4/c1-8(21)13-16(24)20-7-11(6-12(20)15(23)19-13)18-14(22)9-3-2-4-10(17)5-9/h2-5,8,11-13,21H,6-7H2,1H3,(H,18,22)(H,19,23)/t8-,11+,12+,13+/m1/s1. The number of benzene rings is 1. The molecule has 0 saturated carbocycles. The first-order chi connectivity index (χ1) is 11.4. The van der Waals surface area contributed by atoms with E-state index in [2.05, 4.69) is 10.6 Å². The van der Waals surface area contributed by atoms with Crippen LogP contribution in [-0.4, -0.2) is 58.5 Å². The van der Waals surface area contributed by atoms with Crippen LogP contribution in [0.15, 0.2) is 24.3 Å². The van der Waals surface area contributed by atoms with E-state index in [9.17, 15) is 19.5 Å². The average Bonchev–Trinajstić information content (AvgIpc) is 2.95. The number of aliphatic hydroxyl groups is 1. The first kappa shape index (κ1) is 16.7. The Labute approximate surface area is 144 Å². The third kappa shape index (κ3) is 3.09. The summed E-state index contributed by atoms with van der Waals surface area (Å²) < 4.78 is 0. The first-order valence-electron chi connectivity index (χ1n) is 7.72. The van der Waals surface area contributed by atoms with Crippen molar-refractivity contribution in [3.63, 3.8) is 0 Å². The number of hydrogen-bond acceptors (Lipinski definition) is 4. The zero-order valence-electron chi connectivity index (χ0n) is 13.0. The Balaban J connectivity index is 1.69. The summed E-state index contributed by atoms with van der Waals surface area (Å²) in [4.78, 5) is 38.2. The Bertz CT molecular complexity index is 694. The van der Waals surface area contributed by atoms with E-state index in [1.807, 2.05) is 0 Å². The maximum atomic E-state index is 12.4. The molecule has 1 aromatic carbocycles. The highest BCUT2D eigenvalue weighted by Gasteiger charge is 2.47. The second-order valence-corrected chi connectivity index (χ2v) is 6.59. The Morgan fingerprint density at radius 1 is 1.46 bits per heavy atom. The highest BCUT2D eigenvalue weighted by atomic mass is 35.5. The summed E-state index contributed by atoms with van der Waals surface area (Å²) in [6, 6.07) is 4.68. The molecule has 2 saturated heterocycles. The van der Waals surface area contributed by atoms with E-state index in [1.54, 1.807) is 24.3 Å². The quantitative estimate of drug-likeness (QED) is 0.709. The topological polar surface area (TPSA) is 98.7 Å². The Kier molecular flexibility index (Phi) is 4.47. The van der Waals surface area contributed by atoms with Crippen molar-refractivity contribution < 1.29 is 19.5 Å². The largest absolute Gasteiger partial charge is 0.391 e. The second kappa shape index (κ2) is 6.41. The van der Waals surface area contributed by atoms with Gasteiger partial charge in [-0.1, -0.05) is 17.7 Å². The highest BCUT2D eigenvalue weighted by Crippen LogP contribution is 2.24. The molecule has 2 aliphatic heterocycles. The molecule has 0 aromatic heterocycles. The predicted molar refractivity (Wildman–Crippen MR) is 86.4 cm³/mol. The number of piperazine rings is 1. The van der Waals surface area contributed by atoms with E-state index in [0.29, 0.717) is 17.0 Å². The van der Waals surface area contributed by atoms with Crippen LogP contribution in [0.4, 0.5) is 0 Å². The third-order valence-electron chi connectivity index (χ3n) is 4.36. The molecule has 0 radical (unpaired) electrons. The molecule has 0 bridgehead atoms. The summed E-state index contributed by atoms with van der Waals surface area (Å²) >= 11 is 5.88. The molecule has 8 heteroatoms. The fourth-order valence-electron chi connectivity index (χ4n) is 3.15. The van der Waals surface area contributed by atoms with Crippen LogP contribution in [0.2, 0.25) is 5.02 Å². The molecule has 7 nitrogen and oxygen atoms in total. The van der Waals surface area contributed by atoms with E-state index in [4.69, 9.17) is 11.6 Å². The molecule has 24 heavy (non-hydrogen) atoms. The number of carbonyl (C=O) groups excluding carboxylic acids is 3. The molecule has 0 unspecified atom stereocenters. The number of fused-ring (bicyclic) bond motifs is 1. The Morgan fingerprint density at radius 2 is 2.21 bits per heavy atom. The van der Waals surface area contributed by atoms with Crippen LogP contribution in [-0.2, 0) is 9.59 Å². The van der Waals surface area contributed by atoms with Gasteiger partial charge in [-0.2, -0.15) is 0 Å². The van der Waals surface area contributed by atoms with E-state index in [1.165, 1.54) is 11.8 Å². The van der Waals surface area contributed by atoms with Gasteiger partial charge >= 0.3 is 0 Å². The molecule has 4 atom stereocenters. The molecule has 3 rings (SSSR count). The number of aliphatic hydroxyl groups excluding tert-OH is 1. The van der Waals surface area contributed by atoms with Crippen LogP contribution >= 0.6 is 11.6 Å². The summed E-state index contributed by atoms with van der Waals surface area (Å²) in [5.74, 6) is -0.934. The van der Waals surface area contributed by atoms with Crippen LogP contribution in [0.25, 0.3) is 0 Å². The van der Waals surface area contributed by atoms with Crippen molar-refractivity contribution >= 4 is 29.3 Å². The van der Waals surface area contributed by atoms with Crippen LogP contribution in [0.1, 0.15) is 23.7 Å². The number of nitrogens with zero attached hydrogens (tertiary/aromatic N) is 1. The molecule has 1 aromatic rings. The zero-order valence-corrected chi connectivity index (χ0v) is 13.8. The van der Waals surface area contributed by atoms with Gasteiger partial charge in [-0.3, -0.25) is 14.4 Å². The maximum Gasteiger partial charge on any atom is 0.251 e. The minimum Gasteiger partial charge on any atom is -0.391 e. The van der Waals surface area contributed by atoms with Crippen molar-refractivity contribution in [2.45, 2.75) is 37.6 Å². The molecule has 0 spiro atoms. The molecule has 2 fully saturated rings. The van der Waals surface area contributed by atoms with Crippen molar-refractivity contribution in [1.82, 2.24) is 15.5 Å². The van der Waals surface area contributed by atoms with Crippen molar-refractivity contribution in [3.05, 3.63) is 34.9 Å². The minimum atomic E-state index is -0.970. The molecule has 2 heterocycles. The number of halogens is 1. The molecule has 2 aliphatic rings. The fourth-order valence-corrected chi connectivity index (χ4v) is 3.34. The van der Waals surface area contributed by atoms with E-state index in [0.717, 1.165) is 0 Å². The number of nitrogens with one attached hydrogen (secondary N) is 2. The van der Waals surface area contributed by atoms with Gasteiger partial charge in [0.05, 0.1) is 6.10 Å². The highest BCUT2D eigenvalue weighted by molar-refractivity contribution is 6.30. The summed E-state index contributed by atoms with van der Waals surface area (Å²) in [6.07, 6.45) is -0.626. The van der Waals surface area contributed by atoms with Crippen molar-refractivity contribution in [2.75, 3.05) is 6.54 Å². The molecule has 3 N–H and O–H groups in total. The van der Waals surface area contributed by atoms with E-state index >= 15 is 0 Å². The zero-order chi connectivity index (χ0) is 17.4. The number of hydrogen-bond donors (Lipinski definition) is 3. The van der Waals surface area contributed by atoms with Crippen molar-refractivity contribution in [2.24, 2.45) is 0 Å². The second-order valence-electron chi connectivity index (χ2n) is 6.15. The molecule has 128 valence electrons. The van der Waals surface area contributed by atoms with Crippen molar-refractivity contribution in [1.29, 1.82) is 0 Å². The smallest absolute Gasteiger partial charge is 0.251 e. The van der Waals surface area contributed by atoms with E-state index < -0.39 is 18.2 Å². The number of amides is 3. The molecule has 3 amide bonds. The monoisotopic (exact) mass is 351 g/mol. The lowest BCUT2D eigenvalue weighted by molar-refractivity contribution is -0.149. The van der Waals surface area contributed by atoms with Gasteiger partial charge in [-0.25, -0.2) is 0 Å². The summed E-state index contributed by atoms with van der Waals surface area (Å²) in [6.45, 7) is 1.70. The number of carbonyl (C=O) groups is 3. The average molecular weight is 352 g/mol. The van der Waals surface area contributed by atoms with Gasteiger partial charge in [-0.15, -0.1) is 0 Å². The Hall–Kier alpha value is -2.12. The fraction of sp³-hybridized carbons (Fsp3) is 0.438. The summed E-state index contributed by atoms with van der Waals surface area (Å²) in [7, 11) is 0. The summed E-state index contributed by atoms with van der Waals surface area (Å²) in [5.41, 5.74) is 0.421. The van der Waals surface area contributed by atoms with Gasteiger partial charge < -0.3 is 20.6 Å². The first-order valence-corrected chi connectivity index (χ1v) is 8.10. The van der Waals surface area contributed by atoms with Gasteiger partial charge in [0, 0.05) is 23.2 Å². The Morgan fingerprint density at radius 3 is 2.88 bits per heavy atom. The van der Waals surface area contributed by atoms with Crippen LogP contribution in [0, 0.1) is 0 Å². The van der Waals surface area contributed by atoms with Crippen LogP contribution < -0.4 is 10.6 Å². The SMILES string of the molecule is C[C@@H](O)[C@@H]1NC(=O)[C@@H]2C[C@H](NC(=O)c3cccc(Cl)c3)CN2C1=O. The minimum absolute atomic E-state index is 0.243. The van der Waals surface area contributed by atoms with Gasteiger partial charge in [0.15, 0.2) is 0 Å². The third-order valence-corrected chi connectivity index (χ3v) is 4.59. The lowest BCUT2D eigenvalue weighted by Gasteiger charge is -2.35. The normalized spacial score (nSPS) is 27.5. The van der Waals surface area contributed by atoms with Gasteiger partial charge in [0.1, 0.15) is 12.1 Å². The summed E-state index contributed by atoms with van der Waals surface area (Å²) in [5, 5.41) is 15.5. The van der Waals surface area contributed by atoms with Crippen LogP contribution in [0.5, 0.6) is 0 Å². The molecular formula is C16H18ClN3O4. The van der Waals surface area contributed by atoms with Crippen LogP contribution in [0.3, 0.4) is 0 Å². The molecule has 0 aliphatic carbocycles. The lowest BCUT2D eigenvalue weighted by Crippen LogP contribution is -2.64. The molecular weight excluding hydrogens is 334 g/mol. The van der Waals surface area contributed by atoms with Gasteiger partial charge in [-0.05, 0) is 31.5 Å². The van der Waals surface area contributed by atoms with E-state index in [-0.39, 0.29) is 30.3 Å².